The molecule has 0 radical (unpaired) electrons. The topological polar surface area (TPSA) is 51.0 Å². The first-order valence-corrected chi connectivity index (χ1v) is 9.74. The van der Waals surface area contributed by atoms with Crippen molar-refractivity contribution in [3.05, 3.63) is 64.6 Å². The van der Waals surface area contributed by atoms with E-state index < -0.39 is 0 Å². The number of aromatic nitrogens is 3. The van der Waals surface area contributed by atoms with Crippen molar-refractivity contribution in [3.8, 4) is 0 Å². The summed E-state index contributed by atoms with van der Waals surface area (Å²) in [7, 11) is 3.56. The molecule has 0 N–H and O–H groups in total. The molecular formula is C18H20N4OS2. The molecule has 1 unspecified atom stereocenters. The fourth-order valence-corrected chi connectivity index (χ4v) is 4.29. The van der Waals surface area contributed by atoms with Gasteiger partial charge in [0.1, 0.15) is 11.6 Å². The second kappa shape index (κ2) is 8.31. The third kappa shape index (κ3) is 4.49. The molecule has 2 heterocycles. The fraction of sp³-hybridized carbons (Fsp3) is 0.278. The molecule has 25 heavy (non-hydrogen) atoms. The molecule has 7 heteroatoms. The molecular weight excluding hydrogens is 352 g/mol. The van der Waals surface area contributed by atoms with Crippen LogP contribution < -0.4 is 0 Å². The Bertz CT molecular complexity index is 800. The van der Waals surface area contributed by atoms with E-state index in [1.807, 2.05) is 34.9 Å². The van der Waals surface area contributed by atoms with E-state index in [4.69, 9.17) is 0 Å². The third-order valence-electron chi connectivity index (χ3n) is 3.75. The highest BCUT2D eigenvalue weighted by Gasteiger charge is 2.25. The zero-order chi connectivity index (χ0) is 17.6. The van der Waals surface area contributed by atoms with E-state index in [1.165, 1.54) is 16.6 Å². The Kier molecular flexibility index (Phi) is 5.88. The van der Waals surface area contributed by atoms with Crippen molar-refractivity contribution in [2.24, 2.45) is 0 Å². The molecule has 0 saturated heterocycles. The number of hydrogen-bond donors (Lipinski definition) is 0. The van der Waals surface area contributed by atoms with Crippen LogP contribution in [0.5, 0.6) is 0 Å². The summed E-state index contributed by atoms with van der Waals surface area (Å²) in [5.41, 5.74) is 0.971. The van der Waals surface area contributed by atoms with Crippen molar-refractivity contribution in [1.29, 1.82) is 0 Å². The van der Waals surface area contributed by atoms with Gasteiger partial charge in [0.2, 0.25) is 5.91 Å². The average Bonchev–Trinajstić information content (AvgIpc) is 3.29. The first-order chi connectivity index (χ1) is 12.1. The summed E-state index contributed by atoms with van der Waals surface area (Å²) >= 11 is 3.20. The van der Waals surface area contributed by atoms with Crippen molar-refractivity contribution < 1.29 is 4.79 Å². The Morgan fingerprint density at radius 2 is 2.04 bits per heavy atom. The first kappa shape index (κ1) is 17.7. The zero-order valence-corrected chi connectivity index (χ0v) is 15.8. The van der Waals surface area contributed by atoms with Gasteiger partial charge in [-0.05, 0) is 23.4 Å². The first-order valence-electron chi connectivity index (χ1n) is 7.98. The van der Waals surface area contributed by atoms with Gasteiger partial charge >= 0.3 is 0 Å². The van der Waals surface area contributed by atoms with Crippen molar-refractivity contribution in [2.45, 2.75) is 23.4 Å². The summed E-state index contributed by atoms with van der Waals surface area (Å²) in [5, 5.41) is 10.8. The highest BCUT2D eigenvalue weighted by atomic mass is 32.2. The van der Waals surface area contributed by atoms with Gasteiger partial charge in [0.15, 0.2) is 5.16 Å². The lowest BCUT2D eigenvalue weighted by molar-refractivity contribution is -0.128. The minimum absolute atomic E-state index is 0.0454. The fourth-order valence-electron chi connectivity index (χ4n) is 2.40. The third-order valence-corrected chi connectivity index (χ3v) is 5.92. The van der Waals surface area contributed by atoms with Gasteiger partial charge in [-0.25, -0.2) is 0 Å². The predicted molar refractivity (Wildman–Crippen MR) is 102 cm³/mol. The second-order valence-electron chi connectivity index (χ2n) is 5.78. The predicted octanol–water partition coefficient (Wildman–Crippen LogP) is 3.50. The van der Waals surface area contributed by atoms with Gasteiger partial charge in [-0.2, -0.15) is 0 Å². The molecule has 0 spiro atoms. The van der Waals surface area contributed by atoms with Gasteiger partial charge in [0, 0.05) is 25.5 Å². The number of aryl methyl sites for hydroxylation is 2. The highest BCUT2D eigenvalue weighted by Crippen LogP contribution is 2.35. The van der Waals surface area contributed by atoms with Crippen LogP contribution in [0.2, 0.25) is 0 Å². The van der Waals surface area contributed by atoms with E-state index in [0.717, 1.165) is 23.7 Å². The van der Waals surface area contributed by atoms with E-state index in [9.17, 15) is 4.79 Å². The molecule has 5 nitrogen and oxygen atoms in total. The molecule has 1 amide bonds. The van der Waals surface area contributed by atoms with Crippen LogP contribution >= 0.6 is 23.1 Å². The molecule has 1 aromatic carbocycles. The molecule has 0 bridgehead atoms. The summed E-state index contributed by atoms with van der Waals surface area (Å²) in [6.45, 7) is 0.799. The molecule has 3 rings (SSSR count). The molecule has 3 aromatic rings. The van der Waals surface area contributed by atoms with Crippen LogP contribution in [0, 0.1) is 0 Å². The van der Waals surface area contributed by atoms with Crippen LogP contribution in [0.4, 0.5) is 0 Å². The lowest BCUT2D eigenvalue weighted by Gasteiger charge is -2.20. The Labute approximate surface area is 155 Å². The summed E-state index contributed by atoms with van der Waals surface area (Å²) in [6, 6.07) is 14.0. The van der Waals surface area contributed by atoms with Crippen LogP contribution in [0.1, 0.15) is 15.7 Å². The maximum absolute atomic E-state index is 12.7. The normalized spacial score (nSPS) is 12.1. The number of thioether (sulfide) groups is 1. The van der Waals surface area contributed by atoms with Gasteiger partial charge in [-0.3, -0.25) is 4.79 Å². The number of hydrogen-bond acceptors (Lipinski definition) is 5. The lowest BCUT2D eigenvalue weighted by atomic mass is 10.1. The van der Waals surface area contributed by atoms with Crippen LogP contribution in [0.15, 0.2) is 59.3 Å². The summed E-state index contributed by atoms with van der Waals surface area (Å²) in [5.74, 6) is 0.0454. The van der Waals surface area contributed by atoms with Crippen LogP contribution in [0.25, 0.3) is 0 Å². The van der Waals surface area contributed by atoms with Gasteiger partial charge < -0.3 is 9.47 Å². The standard InChI is InChI=1S/C18H20N4OS2/c1-21(2)17(23)16(14-7-4-3-5-8-14)25-18-20-19-13-22(18)11-10-15-9-6-12-24-15/h3-9,12-13,16H,10-11H2,1-2H3. The summed E-state index contributed by atoms with van der Waals surface area (Å²) in [4.78, 5) is 15.6. The monoisotopic (exact) mass is 372 g/mol. The lowest BCUT2D eigenvalue weighted by Crippen LogP contribution is -2.27. The second-order valence-corrected chi connectivity index (χ2v) is 7.88. The maximum Gasteiger partial charge on any atom is 0.240 e. The Morgan fingerprint density at radius 3 is 2.72 bits per heavy atom. The molecule has 0 aliphatic carbocycles. The number of thiophene rings is 1. The molecule has 1 atom stereocenters. The number of carbonyl (C=O) groups is 1. The summed E-state index contributed by atoms with van der Waals surface area (Å²) in [6.07, 6.45) is 2.67. The van der Waals surface area contributed by atoms with Crippen LogP contribution in [-0.2, 0) is 17.8 Å². The quantitative estimate of drug-likeness (QED) is 0.596. The van der Waals surface area contributed by atoms with Gasteiger partial charge in [-0.15, -0.1) is 21.5 Å². The molecule has 0 saturated carbocycles. The van der Waals surface area contributed by atoms with Gasteiger partial charge in [0.25, 0.3) is 0 Å². The van der Waals surface area contributed by atoms with E-state index in [1.54, 1.807) is 36.7 Å². The number of amides is 1. The van der Waals surface area contributed by atoms with Crippen molar-refractivity contribution in [3.63, 3.8) is 0 Å². The van der Waals surface area contributed by atoms with E-state index in [0.29, 0.717) is 0 Å². The smallest absolute Gasteiger partial charge is 0.240 e. The largest absolute Gasteiger partial charge is 0.348 e. The van der Waals surface area contributed by atoms with E-state index >= 15 is 0 Å². The highest BCUT2D eigenvalue weighted by molar-refractivity contribution is 8.00. The Hall–Kier alpha value is -2.12. The average molecular weight is 373 g/mol. The number of likely N-dealkylation sites (N-methyl/N-ethyl adjacent to an activating group) is 1. The number of benzene rings is 1. The Balaban J connectivity index is 1.78. The molecule has 0 fully saturated rings. The van der Waals surface area contributed by atoms with Crippen molar-refractivity contribution in [2.75, 3.05) is 14.1 Å². The van der Waals surface area contributed by atoms with Gasteiger partial charge in [-0.1, -0.05) is 48.2 Å². The molecule has 2 aromatic heterocycles. The Morgan fingerprint density at radius 1 is 1.24 bits per heavy atom. The van der Waals surface area contributed by atoms with Crippen LogP contribution in [-0.4, -0.2) is 39.7 Å². The number of nitrogens with zero attached hydrogens (tertiary/aromatic N) is 4. The molecule has 0 aliphatic rings. The maximum atomic E-state index is 12.7. The van der Waals surface area contributed by atoms with Crippen molar-refractivity contribution >= 4 is 29.0 Å². The summed E-state index contributed by atoms with van der Waals surface area (Å²) < 4.78 is 2.02. The number of carbonyl (C=O) groups excluding carboxylic acids is 1. The molecule has 0 aliphatic heterocycles. The SMILES string of the molecule is CN(C)C(=O)C(Sc1nncn1CCc1cccs1)c1ccccc1. The minimum Gasteiger partial charge on any atom is -0.348 e. The van der Waals surface area contributed by atoms with E-state index in [-0.39, 0.29) is 11.2 Å². The van der Waals surface area contributed by atoms with Gasteiger partial charge in [0.05, 0.1) is 0 Å². The minimum atomic E-state index is -0.333. The zero-order valence-electron chi connectivity index (χ0n) is 14.2. The number of rotatable bonds is 7. The van der Waals surface area contributed by atoms with Crippen molar-refractivity contribution in [1.82, 2.24) is 19.7 Å². The molecule has 130 valence electrons. The van der Waals surface area contributed by atoms with Crippen LogP contribution in [0.3, 0.4) is 0 Å². The van der Waals surface area contributed by atoms with E-state index in [2.05, 4.69) is 27.7 Å².